The van der Waals surface area contributed by atoms with Crippen molar-refractivity contribution in [3.05, 3.63) is 44.9 Å². The normalized spacial score (nSPS) is 11.0. The third-order valence-corrected chi connectivity index (χ3v) is 4.58. The summed E-state index contributed by atoms with van der Waals surface area (Å²) >= 11 is 7.94. The summed E-state index contributed by atoms with van der Waals surface area (Å²) in [6.07, 6.45) is 2.69. The van der Waals surface area contributed by atoms with E-state index in [1.807, 2.05) is 38.2 Å². The number of ether oxygens (including phenoxy) is 1. The van der Waals surface area contributed by atoms with Crippen molar-refractivity contribution in [3.63, 3.8) is 0 Å². The second-order valence-electron chi connectivity index (χ2n) is 5.19. The van der Waals surface area contributed by atoms with E-state index < -0.39 is 0 Å². The molecule has 138 valence electrons. The van der Waals surface area contributed by atoms with E-state index in [1.165, 1.54) is 4.88 Å². The van der Waals surface area contributed by atoms with Crippen LogP contribution in [0.3, 0.4) is 0 Å². The van der Waals surface area contributed by atoms with Gasteiger partial charge in [-0.25, -0.2) is 9.98 Å². The molecule has 0 fully saturated rings. The molecule has 1 heterocycles. The van der Waals surface area contributed by atoms with Crippen LogP contribution in [-0.4, -0.2) is 31.1 Å². The molecule has 25 heavy (non-hydrogen) atoms. The Labute approximate surface area is 175 Å². The number of aliphatic imine (C=N–C) groups is 1. The first-order valence-corrected chi connectivity index (χ1v) is 9.07. The van der Waals surface area contributed by atoms with Crippen LogP contribution in [0, 0.1) is 6.92 Å². The number of guanidine groups is 1. The summed E-state index contributed by atoms with van der Waals surface area (Å²) in [5, 5.41) is 8.30. The lowest BCUT2D eigenvalue weighted by atomic mass is 10.1. The van der Waals surface area contributed by atoms with E-state index in [1.54, 1.807) is 18.4 Å². The van der Waals surface area contributed by atoms with Gasteiger partial charge in [0.25, 0.3) is 0 Å². The largest absolute Gasteiger partial charge is 0.497 e. The maximum Gasteiger partial charge on any atom is 0.191 e. The van der Waals surface area contributed by atoms with Gasteiger partial charge in [0, 0.05) is 29.2 Å². The maximum absolute atomic E-state index is 6.27. The number of hydrogen-bond acceptors (Lipinski definition) is 4. The van der Waals surface area contributed by atoms with E-state index in [-0.39, 0.29) is 24.0 Å². The molecule has 2 N–H and O–H groups in total. The number of hydrogen-bond donors (Lipinski definition) is 2. The van der Waals surface area contributed by atoms with Crippen molar-refractivity contribution < 1.29 is 4.74 Å². The summed E-state index contributed by atoms with van der Waals surface area (Å²) in [5.74, 6) is 1.56. The number of aryl methyl sites for hydroxylation is 1. The molecule has 0 saturated heterocycles. The lowest BCUT2D eigenvalue weighted by Crippen LogP contribution is -2.38. The summed E-state index contributed by atoms with van der Waals surface area (Å²) < 4.78 is 5.17. The van der Waals surface area contributed by atoms with Crippen LogP contribution in [0.4, 0.5) is 0 Å². The fraction of sp³-hybridized carbons (Fsp3) is 0.412. The first-order valence-electron chi connectivity index (χ1n) is 7.88. The van der Waals surface area contributed by atoms with Crippen molar-refractivity contribution in [2.75, 3.05) is 20.2 Å². The summed E-state index contributed by atoms with van der Waals surface area (Å²) in [7, 11) is 1.63. The first kappa shape index (κ1) is 22.0. The molecule has 0 atom stereocenters. The van der Waals surface area contributed by atoms with Gasteiger partial charge in [0.2, 0.25) is 0 Å². The number of thiazole rings is 1. The Hall–Kier alpha value is -1.06. The molecule has 1 aromatic heterocycles. The van der Waals surface area contributed by atoms with Crippen LogP contribution < -0.4 is 15.4 Å². The average Bonchev–Trinajstić information content (AvgIpc) is 2.99. The van der Waals surface area contributed by atoms with Crippen molar-refractivity contribution in [2.45, 2.75) is 26.8 Å². The molecule has 0 amide bonds. The van der Waals surface area contributed by atoms with Gasteiger partial charge in [-0.05, 0) is 38.0 Å². The second-order valence-corrected chi connectivity index (χ2v) is 6.92. The highest BCUT2D eigenvalue weighted by Crippen LogP contribution is 2.22. The highest BCUT2D eigenvalue weighted by atomic mass is 127. The molecule has 0 saturated carbocycles. The van der Waals surface area contributed by atoms with Gasteiger partial charge in [-0.3, -0.25) is 0 Å². The molecule has 8 heteroatoms. The zero-order chi connectivity index (χ0) is 17.4. The number of nitrogens with one attached hydrogen (secondary N) is 2. The first-order chi connectivity index (χ1) is 11.6. The topological polar surface area (TPSA) is 58.5 Å². The lowest BCUT2D eigenvalue weighted by Gasteiger charge is -2.12. The Morgan fingerprint density at radius 1 is 1.36 bits per heavy atom. The van der Waals surface area contributed by atoms with E-state index in [0.717, 1.165) is 46.8 Å². The highest BCUT2D eigenvalue weighted by Gasteiger charge is 2.04. The molecule has 0 aliphatic rings. The highest BCUT2D eigenvalue weighted by molar-refractivity contribution is 14.0. The summed E-state index contributed by atoms with van der Waals surface area (Å²) in [6, 6.07) is 5.75. The van der Waals surface area contributed by atoms with Crippen LogP contribution in [0.25, 0.3) is 0 Å². The van der Waals surface area contributed by atoms with E-state index in [4.69, 9.17) is 16.3 Å². The lowest BCUT2D eigenvalue weighted by molar-refractivity contribution is 0.414. The molecule has 2 rings (SSSR count). The third-order valence-electron chi connectivity index (χ3n) is 3.33. The van der Waals surface area contributed by atoms with Crippen LogP contribution >= 0.6 is 46.9 Å². The predicted octanol–water partition coefficient (Wildman–Crippen LogP) is 4.03. The minimum absolute atomic E-state index is 0. The van der Waals surface area contributed by atoms with E-state index in [9.17, 15) is 0 Å². The van der Waals surface area contributed by atoms with Gasteiger partial charge >= 0.3 is 0 Å². The Morgan fingerprint density at radius 3 is 2.76 bits per heavy atom. The molecule has 0 radical (unpaired) electrons. The van der Waals surface area contributed by atoms with Gasteiger partial charge in [-0.1, -0.05) is 17.7 Å². The Morgan fingerprint density at radius 2 is 2.16 bits per heavy atom. The molecule has 0 unspecified atom stereocenters. The molecule has 0 bridgehead atoms. The number of nitrogens with zero attached hydrogens (tertiary/aromatic N) is 2. The summed E-state index contributed by atoms with van der Waals surface area (Å²) in [4.78, 5) is 10.1. The number of benzene rings is 1. The van der Waals surface area contributed by atoms with Crippen molar-refractivity contribution in [1.82, 2.24) is 15.6 Å². The molecule has 1 aromatic carbocycles. The van der Waals surface area contributed by atoms with Crippen LogP contribution in [0.15, 0.2) is 29.4 Å². The van der Waals surface area contributed by atoms with Crippen molar-refractivity contribution in [1.29, 1.82) is 0 Å². The zero-order valence-electron chi connectivity index (χ0n) is 14.6. The fourth-order valence-electron chi connectivity index (χ4n) is 2.14. The quantitative estimate of drug-likeness (QED) is 0.347. The fourth-order valence-corrected chi connectivity index (χ4v) is 3.11. The molecule has 0 aliphatic heterocycles. The van der Waals surface area contributed by atoms with Crippen LogP contribution in [0.1, 0.15) is 22.4 Å². The van der Waals surface area contributed by atoms with Crippen molar-refractivity contribution >= 4 is 52.9 Å². The van der Waals surface area contributed by atoms with Crippen molar-refractivity contribution in [3.8, 4) is 5.75 Å². The Kier molecular flexibility index (Phi) is 10.1. The molecular weight excluding hydrogens is 471 g/mol. The third kappa shape index (κ3) is 7.37. The van der Waals surface area contributed by atoms with E-state index in [0.29, 0.717) is 6.54 Å². The van der Waals surface area contributed by atoms with Gasteiger partial charge in [-0.15, -0.1) is 35.3 Å². The average molecular weight is 495 g/mol. The monoisotopic (exact) mass is 494 g/mol. The van der Waals surface area contributed by atoms with Gasteiger partial charge in [0.1, 0.15) is 10.8 Å². The van der Waals surface area contributed by atoms with Crippen LogP contribution in [0.2, 0.25) is 5.02 Å². The van der Waals surface area contributed by atoms with Crippen LogP contribution in [-0.2, 0) is 13.0 Å². The smallest absolute Gasteiger partial charge is 0.191 e. The molecule has 5 nitrogen and oxygen atoms in total. The molecule has 0 spiro atoms. The number of rotatable bonds is 7. The summed E-state index contributed by atoms with van der Waals surface area (Å²) in [5.41, 5.74) is 1.08. The number of halogens is 2. The zero-order valence-corrected chi connectivity index (χ0v) is 18.5. The Balaban J connectivity index is 0.00000312. The summed E-state index contributed by atoms with van der Waals surface area (Å²) in [6.45, 7) is 6.23. The van der Waals surface area contributed by atoms with Crippen LogP contribution in [0.5, 0.6) is 5.75 Å². The van der Waals surface area contributed by atoms with Gasteiger partial charge < -0.3 is 15.4 Å². The predicted molar refractivity (Wildman–Crippen MR) is 117 cm³/mol. The van der Waals surface area contributed by atoms with Gasteiger partial charge in [0.15, 0.2) is 5.96 Å². The SMILES string of the molecule is CCNC(=NCc1ncc(C)s1)NCCc1ccc(OC)cc1Cl.I. The van der Waals surface area contributed by atoms with Crippen molar-refractivity contribution in [2.24, 2.45) is 4.99 Å². The molecule has 0 aliphatic carbocycles. The van der Waals surface area contributed by atoms with Gasteiger partial charge in [0.05, 0.1) is 13.7 Å². The molecule has 2 aromatic rings. The standard InChI is InChI=1S/C17H23ClN4OS.HI/c1-4-19-17(22-11-16-21-10-12(2)24-16)20-8-7-13-5-6-14(23-3)9-15(13)18;/h5-6,9-10H,4,7-8,11H2,1-3H3,(H2,19,20,22);1H. The number of methoxy groups -OCH3 is 1. The minimum Gasteiger partial charge on any atom is -0.497 e. The van der Waals surface area contributed by atoms with E-state index in [2.05, 4.69) is 20.6 Å². The minimum atomic E-state index is 0. The van der Waals surface area contributed by atoms with E-state index >= 15 is 0 Å². The van der Waals surface area contributed by atoms with Gasteiger partial charge in [-0.2, -0.15) is 0 Å². The molecular formula is C17H24ClIN4OS. The second kappa shape index (κ2) is 11.5. The maximum atomic E-state index is 6.27. The number of aromatic nitrogens is 1. The Bertz CT molecular complexity index is 693.